The average molecular weight is 392 g/mol. The Labute approximate surface area is 160 Å². The maximum absolute atomic E-state index is 11.4. The molecular weight excluding hydrogens is 360 g/mol. The highest BCUT2D eigenvalue weighted by molar-refractivity contribution is 5.78. The van der Waals surface area contributed by atoms with E-state index in [2.05, 4.69) is 10.5 Å². The molecule has 158 valence electrons. The lowest BCUT2D eigenvalue weighted by Gasteiger charge is -2.14. The highest BCUT2D eigenvalue weighted by atomic mass is 16.7. The van der Waals surface area contributed by atoms with Crippen LogP contribution in [0.25, 0.3) is 0 Å². The Bertz CT molecular complexity index is 406. The molecule has 0 aliphatic heterocycles. The lowest BCUT2D eigenvalue weighted by molar-refractivity contribution is -0.126. The zero-order chi connectivity index (χ0) is 20.2. The van der Waals surface area contributed by atoms with Crippen LogP contribution in [0.3, 0.4) is 0 Å². The van der Waals surface area contributed by atoms with Crippen molar-refractivity contribution in [2.24, 2.45) is 5.16 Å². The van der Waals surface area contributed by atoms with Crippen molar-refractivity contribution in [2.75, 3.05) is 67.2 Å². The van der Waals surface area contributed by atoms with Crippen LogP contribution in [0, 0.1) is 0 Å². The molecule has 0 bridgehead atoms. The molecule has 0 fully saturated rings. The van der Waals surface area contributed by atoms with Gasteiger partial charge in [0.2, 0.25) is 0 Å². The lowest BCUT2D eigenvalue weighted by atomic mass is 10.2. The first-order valence-corrected chi connectivity index (χ1v) is 8.75. The van der Waals surface area contributed by atoms with E-state index in [0.717, 1.165) is 0 Å². The van der Waals surface area contributed by atoms with Crippen molar-refractivity contribution in [2.45, 2.75) is 25.9 Å². The molecule has 0 aromatic heterocycles. The van der Waals surface area contributed by atoms with Crippen LogP contribution in [-0.4, -0.2) is 91.2 Å². The van der Waals surface area contributed by atoms with Crippen LogP contribution in [0.5, 0.6) is 0 Å². The Balaban J connectivity index is 3.34. The van der Waals surface area contributed by atoms with Gasteiger partial charge in [-0.15, -0.1) is 0 Å². The number of amides is 1. The summed E-state index contributed by atoms with van der Waals surface area (Å²) in [5, 5.41) is 6.20. The molecule has 0 heterocycles. The predicted octanol–water partition coefficient (Wildman–Crippen LogP) is 0.143. The normalized spacial score (nSPS) is 12.3. The van der Waals surface area contributed by atoms with Gasteiger partial charge in [-0.05, 0) is 13.3 Å². The number of Topliss-reactive ketones (excluding diaryl/α,β-unsaturated/α-hetero) is 1. The van der Waals surface area contributed by atoms with E-state index in [1.807, 2.05) is 0 Å². The Hall–Kier alpha value is -1.59. The third-order valence-electron chi connectivity index (χ3n) is 3.07. The minimum Gasteiger partial charge on any atom is -0.386 e. The van der Waals surface area contributed by atoms with Crippen LogP contribution < -0.4 is 5.32 Å². The molecule has 0 spiro atoms. The van der Waals surface area contributed by atoms with E-state index >= 15 is 0 Å². The molecule has 1 atom stereocenters. The number of methoxy groups -OCH3 is 2. The molecule has 0 saturated heterocycles. The summed E-state index contributed by atoms with van der Waals surface area (Å²) in [4.78, 5) is 26.9. The molecule has 0 aliphatic rings. The van der Waals surface area contributed by atoms with Crippen molar-refractivity contribution in [3.05, 3.63) is 0 Å². The highest BCUT2D eigenvalue weighted by Crippen LogP contribution is 1.92. The van der Waals surface area contributed by atoms with E-state index in [1.54, 1.807) is 14.2 Å². The number of carbonyl (C=O) groups is 2. The third-order valence-corrected chi connectivity index (χ3v) is 3.07. The molecule has 10 nitrogen and oxygen atoms in total. The Morgan fingerprint density at radius 1 is 1.07 bits per heavy atom. The smallest absolute Gasteiger partial charge is 0.260 e. The standard InChI is InChI=1S/C17H32N2O8/c1-15(20)5-4-6-19-27-13-17(21)18-7-8-25-14-26-10-9-24-12-16(23-3)11-22-2/h6,16H,4-5,7-14H2,1-3H3,(H,18,21)/b19-6+. The molecule has 0 rings (SSSR count). The van der Waals surface area contributed by atoms with Crippen molar-refractivity contribution in [1.29, 1.82) is 0 Å². The summed E-state index contributed by atoms with van der Waals surface area (Å²) in [7, 11) is 3.21. The fraction of sp³-hybridized carbons (Fsp3) is 0.824. The van der Waals surface area contributed by atoms with Gasteiger partial charge < -0.3 is 38.6 Å². The van der Waals surface area contributed by atoms with Crippen LogP contribution in [0.2, 0.25) is 0 Å². The van der Waals surface area contributed by atoms with Crippen molar-refractivity contribution in [1.82, 2.24) is 5.32 Å². The third kappa shape index (κ3) is 19.0. The first-order chi connectivity index (χ1) is 13.1. The molecule has 1 amide bonds. The topological polar surface area (TPSA) is 114 Å². The first kappa shape index (κ1) is 25.4. The maximum Gasteiger partial charge on any atom is 0.260 e. The zero-order valence-electron chi connectivity index (χ0n) is 16.4. The number of nitrogens with one attached hydrogen (secondary N) is 1. The van der Waals surface area contributed by atoms with Gasteiger partial charge in [0.15, 0.2) is 6.61 Å². The van der Waals surface area contributed by atoms with Crippen molar-refractivity contribution < 1.29 is 38.1 Å². The van der Waals surface area contributed by atoms with Crippen molar-refractivity contribution in [3.63, 3.8) is 0 Å². The summed E-state index contributed by atoms with van der Waals surface area (Å²) in [5.74, 6) is -0.224. The SMILES string of the molecule is COCC(COCCOCOCCNC(=O)CO/N=C/CCC(C)=O)OC. The van der Waals surface area contributed by atoms with Crippen LogP contribution in [0.1, 0.15) is 19.8 Å². The fourth-order valence-electron chi connectivity index (χ4n) is 1.66. The summed E-state index contributed by atoms with van der Waals surface area (Å²) < 4.78 is 26.0. The van der Waals surface area contributed by atoms with Crippen LogP contribution in [-0.2, 0) is 38.1 Å². The molecule has 0 aromatic rings. The number of hydrogen-bond acceptors (Lipinski definition) is 9. The van der Waals surface area contributed by atoms with Gasteiger partial charge in [-0.25, -0.2) is 0 Å². The number of rotatable bonds is 19. The molecular formula is C17H32N2O8. The van der Waals surface area contributed by atoms with Gasteiger partial charge in [0.05, 0.1) is 33.0 Å². The van der Waals surface area contributed by atoms with Gasteiger partial charge in [0, 0.05) is 33.4 Å². The monoisotopic (exact) mass is 392 g/mol. The minimum atomic E-state index is -0.305. The fourth-order valence-corrected chi connectivity index (χ4v) is 1.66. The minimum absolute atomic E-state index is 0.0810. The number of ether oxygens (including phenoxy) is 5. The van der Waals surface area contributed by atoms with E-state index < -0.39 is 0 Å². The molecule has 10 heteroatoms. The molecule has 0 saturated carbocycles. The van der Waals surface area contributed by atoms with Crippen molar-refractivity contribution in [3.8, 4) is 0 Å². The first-order valence-electron chi connectivity index (χ1n) is 8.75. The van der Waals surface area contributed by atoms with Gasteiger partial charge in [0.1, 0.15) is 18.7 Å². The van der Waals surface area contributed by atoms with E-state index in [0.29, 0.717) is 52.4 Å². The number of oxime groups is 1. The Kier molecular flexibility index (Phi) is 18.0. The lowest BCUT2D eigenvalue weighted by Crippen LogP contribution is -2.30. The van der Waals surface area contributed by atoms with Crippen LogP contribution in [0.4, 0.5) is 0 Å². The zero-order valence-corrected chi connectivity index (χ0v) is 16.4. The van der Waals surface area contributed by atoms with Gasteiger partial charge in [0.25, 0.3) is 5.91 Å². The summed E-state index contributed by atoms with van der Waals surface area (Å²) in [5.41, 5.74) is 0. The second kappa shape index (κ2) is 19.2. The second-order valence-electron chi connectivity index (χ2n) is 5.47. The molecule has 0 aromatic carbocycles. The number of nitrogens with zero attached hydrogens (tertiary/aromatic N) is 1. The molecule has 0 radical (unpaired) electrons. The summed E-state index contributed by atoms with van der Waals surface area (Å²) in [6.45, 7) is 3.81. The molecule has 0 aliphatic carbocycles. The molecule has 1 unspecified atom stereocenters. The summed E-state index contributed by atoms with van der Waals surface area (Å²) in [6.07, 6.45) is 2.28. The number of hydrogen-bond donors (Lipinski definition) is 1. The van der Waals surface area contributed by atoms with Gasteiger partial charge in [-0.1, -0.05) is 5.16 Å². The van der Waals surface area contributed by atoms with Gasteiger partial charge in [-0.2, -0.15) is 0 Å². The van der Waals surface area contributed by atoms with E-state index in [1.165, 1.54) is 13.1 Å². The van der Waals surface area contributed by atoms with Gasteiger partial charge >= 0.3 is 0 Å². The van der Waals surface area contributed by atoms with Crippen molar-refractivity contribution >= 4 is 17.9 Å². The van der Waals surface area contributed by atoms with Crippen LogP contribution >= 0.6 is 0 Å². The van der Waals surface area contributed by atoms with Gasteiger partial charge in [-0.3, -0.25) is 4.79 Å². The quantitative estimate of drug-likeness (QED) is 0.143. The van der Waals surface area contributed by atoms with E-state index in [4.69, 9.17) is 28.5 Å². The summed E-state index contributed by atoms with van der Waals surface area (Å²) in [6, 6.07) is 0. The average Bonchev–Trinajstić information content (AvgIpc) is 2.64. The largest absolute Gasteiger partial charge is 0.386 e. The highest BCUT2D eigenvalue weighted by Gasteiger charge is 2.06. The Morgan fingerprint density at radius 2 is 1.81 bits per heavy atom. The predicted molar refractivity (Wildman–Crippen MR) is 97.6 cm³/mol. The number of ketones is 1. The molecule has 1 N–H and O–H groups in total. The Morgan fingerprint density at radius 3 is 2.52 bits per heavy atom. The number of carbonyl (C=O) groups excluding carboxylic acids is 2. The maximum atomic E-state index is 11.4. The van der Waals surface area contributed by atoms with E-state index in [9.17, 15) is 9.59 Å². The van der Waals surface area contributed by atoms with Crippen LogP contribution in [0.15, 0.2) is 5.16 Å². The summed E-state index contributed by atoms with van der Waals surface area (Å²) >= 11 is 0. The van der Waals surface area contributed by atoms with E-state index in [-0.39, 0.29) is 31.2 Å². The molecule has 27 heavy (non-hydrogen) atoms. The second-order valence-corrected chi connectivity index (χ2v) is 5.47.